The Bertz CT molecular complexity index is 436. The molecule has 0 aromatic carbocycles. The molecule has 0 bridgehead atoms. The third-order valence-corrected chi connectivity index (χ3v) is 3.53. The average molecular weight is 245 g/mol. The lowest BCUT2D eigenvalue weighted by Gasteiger charge is -2.12. The van der Waals surface area contributed by atoms with E-state index in [1.807, 2.05) is 0 Å². The van der Waals surface area contributed by atoms with Gasteiger partial charge in [0.2, 0.25) is 5.88 Å². The predicted octanol–water partition coefficient (Wildman–Crippen LogP) is 3.41. The summed E-state index contributed by atoms with van der Waals surface area (Å²) in [4.78, 5) is 16.4. The summed E-state index contributed by atoms with van der Waals surface area (Å²) in [6.07, 6.45) is 6.60. The minimum absolute atomic E-state index is 0.124. The van der Waals surface area contributed by atoms with E-state index < -0.39 is 0 Å². The molecular formula is C15H19NO2. The summed E-state index contributed by atoms with van der Waals surface area (Å²) in [5.74, 6) is 0.875. The van der Waals surface area contributed by atoms with Crippen LogP contribution in [0.25, 0.3) is 0 Å². The quantitative estimate of drug-likeness (QED) is 0.465. The van der Waals surface area contributed by atoms with Crippen molar-refractivity contribution in [3.8, 4) is 5.88 Å². The number of hydrogen-bond acceptors (Lipinski definition) is 3. The molecule has 1 aromatic rings. The van der Waals surface area contributed by atoms with Crippen LogP contribution in [0.1, 0.15) is 42.5 Å². The van der Waals surface area contributed by atoms with Gasteiger partial charge in [-0.2, -0.15) is 0 Å². The summed E-state index contributed by atoms with van der Waals surface area (Å²) in [6.45, 7) is 4.02. The van der Waals surface area contributed by atoms with E-state index in [1.54, 1.807) is 25.4 Å². The van der Waals surface area contributed by atoms with Gasteiger partial charge in [-0.15, -0.1) is 0 Å². The van der Waals surface area contributed by atoms with Gasteiger partial charge < -0.3 is 4.74 Å². The lowest BCUT2D eigenvalue weighted by Crippen LogP contribution is -2.14. The summed E-state index contributed by atoms with van der Waals surface area (Å²) in [6, 6.07) is 3.54. The van der Waals surface area contributed by atoms with Crippen molar-refractivity contribution in [3.63, 3.8) is 0 Å². The van der Waals surface area contributed by atoms with E-state index in [2.05, 4.69) is 11.6 Å². The standard InChI is InChI=1S/C15H19NO2/c1-11-4-3-5-12(7-6-11)15(17)13-8-9-14(18-2)16-10-13/h8-10,12H,1,3-7H2,2H3. The Morgan fingerprint density at radius 3 is 2.89 bits per heavy atom. The van der Waals surface area contributed by atoms with Crippen LogP contribution in [0.4, 0.5) is 0 Å². The number of rotatable bonds is 3. The molecule has 0 radical (unpaired) electrons. The second-order valence-corrected chi connectivity index (χ2v) is 4.83. The van der Waals surface area contributed by atoms with E-state index in [-0.39, 0.29) is 11.7 Å². The molecule has 1 heterocycles. The zero-order valence-corrected chi connectivity index (χ0v) is 10.8. The van der Waals surface area contributed by atoms with Crippen LogP contribution in [-0.4, -0.2) is 17.9 Å². The molecule has 2 rings (SSSR count). The summed E-state index contributed by atoms with van der Waals surface area (Å²) < 4.78 is 4.99. The molecule has 0 amide bonds. The van der Waals surface area contributed by atoms with Crippen LogP contribution in [0.15, 0.2) is 30.5 Å². The summed E-state index contributed by atoms with van der Waals surface area (Å²) >= 11 is 0. The first-order valence-corrected chi connectivity index (χ1v) is 6.41. The van der Waals surface area contributed by atoms with Gasteiger partial charge in [-0.3, -0.25) is 4.79 Å². The molecule has 0 spiro atoms. The molecular weight excluding hydrogens is 226 g/mol. The Morgan fingerprint density at radius 1 is 1.39 bits per heavy atom. The van der Waals surface area contributed by atoms with Crippen molar-refractivity contribution in [2.45, 2.75) is 32.1 Å². The van der Waals surface area contributed by atoms with Crippen LogP contribution in [0.3, 0.4) is 0 Å². The van der Waals surface area contributed by atoms with Crippen molar-refractivity contribution in [2.24, 2.45) is 5.92 Å². The van der Waals surface area contributed by atoms with Crippen LogP contribution < -0.4 is 4.74 Å². The van der Waals surface area contributed by atoms with Crippen LogP contribution >= 0.6 is 0 Å². The van der Waals surface area contributed by atoms with Gasteiger partial charge in [0.15, 0.2) is 5.78 Å². The third kappa shape index (κ3) is 2.97. The molecule has 1 unspecified atom stereocenters. The molecule has 1 aliphatic rings. The second kappa shape index (κ2) is 5.80. The number of pyridine rings is 1. The fourth-order valence-electron chi connectivity index (χ4n) is 2.39. The van der Waals surface area contributed by atoms with E-state index in [9.17, 15) is 4.79 Å². The first-order chi connectivity index (χ1) is 8.70. The van der Waals surface area contributed by atoms with E-state index in [4.69, 9.17) is 4.74 Å². The Kier molecular flexibility index (Phi) is 4.13. The van der Waals surface area contributed by atoms with E-state index in [0.717, 1.165) is 32.1 Å². The Balaban J connectivity index is 2.07. The summed E-state index contributed by atoms with van der Waals surface area (Å²) in [7, 11) is 1.57. The van der Waals surface area contributed by atoms with Gasteiger partial charge in [0, 0.05) is 23.7 Å². The number of methoxy groups -OCH3 is 1. The normalized spacial score (nSPS) is 20.3. The average Bonchev–Trinajstić information content (AvgIpc) is 2.63. The molecule has 0 saturated heterocycles. The molecule has 1 aromatic heterocycles. The number of aromatic nitrogens is 1. The van der Waals surface area contributed by atoms with E-state index in [1.165, 1.54) is 5.57 Å². The van der Waals surface area contributed by atoms with Gasteiger partial charge in [-0.25, -0.2) is 4.98 Å². The third-order valence-electron chi connectivity index (χ3n) is 3.53. The van der Waals surface area contributed by atoms with Gasteiger partial charge in [0.1, 0.15) is 0 Å². The summed E-state index contributed by atoms with van der Waals surface area (Å²) in [5, 5.41) is 0. The zero-order chi connectivity index (χ0) is 13.0. The maximum absolute atomic E-state index is 12.3. The number of carbonyl (C=O) groups excluding carboxylic acids is 1. The molecule has 18 heavy (non-hydrogen) atoms. The first-order valence-electron chi connectivity index (χ1n) is 6.41. The SMILES string of the molecule is C=C1CCCC(C(=O)c2ccc(OC)nc2)CC1. The van der Waals surface area contributed by atoms with Crippen molar-refractivity contribution in [2.75, 3.05) is 7.11 Å². The number of Topliss-reactive ketones (excluding diaryl/α,β-unsaturated/α-hetero) is 1. The van der Waals surface area contributed by atoms with Gasteiger partial charge in [-0.05, 0) is 38.2 Å². The molecule has 1 aliphatic carbocycles. The number of carbonyl (C=O) groups is 1. The number of hydrogen-bond donors (Lipinski definition) is 0. The highest BCUT2D eigenvalue weighted by atomic mass is 16.5. The van der Waals surface area contributed by atoms with Crippen LogP contribution in [0.2, 0.25) is 0 Å². The molecule has 3 nitrogen and oxygen atoms in total. The molecule has 0 N–H and O–H groups in total. The highest BCUT2D eigenvalue weighted by Gasteiger charge is 2.22. The second-order valence-electron chi connectivity index (χ2n) is 4.83. The van der Waals surface area contributed by atoms with Crippen molar-refractivity contribution in [3.05, 3.63) is 36.0 Å². The highest BCUT2D eigenvalue weighted by molar-refractivity contribution is 5.97. The Labute approximate surface area is 108 Å². The zero-order valence-electron chi connectivity index (χ0n) is 10.8. The summed E-state index contributed by atoms with van der Waals surface area (Å²) in [5.41, 5.74) is 1.96. The minimum atomic E-state index is 0.124. The highest BCUT2D eigenvalue weighted by Crippen LogP contribution is 2.28. The maximum atomic E-state index is 12.3. The first kappa shape index (κ1) is 12.8. The number of ether oxygens (including phenoxy) is 1. The topological polar surface area (TPSA) is 39.2 Å². The number of nitrogens with zero attached hydrogens (tertiary/aromatic N) is 1. The predicted molar refractivity (Wildman–Crippen MR) is 70.8 cm³/mol. The smallest absolute Gasteiger partial charge is 0.212 e. The molecule has 1 saturated carbocycles. The monoisotopic (exact) mass is 245 g/mol. The Hall–Kier alpha value is -1.64. The van der Waals surface area contributed by atoms with Crippen molar-refractivity contribution in [1.82, 2.24) is 4.98 Å². The Morgan fingerprint density at radius 2 is 2.22 bits per heavy atom. The molecule has 3 heteroatoms. The minimum Gasteiger partial charge on any atom is -0.481 e. The molecule has 1 atom stereocenters. The van der Waals surface area contributed by atoms with Crippen molar-refractivity contribution < 1.29 is 9.53 Å². The molecule has 1 fully saturated rings. The molecule has 0 aliphatic heterocycles. The lowest BCUT2D eigenvalue weighted by atomic mass is 9.92. The maximum Gasteiger partial charge on any atom is 0.212 e. The fourth-order valence-corrected chi connectivity index (χ4v) is 2.39. The van der Waals surface area contributed by atoms with Crippen LogP contribution in [0.5, 0.6) is 5.88 Å². The number of ketones is 1. The van der Waals surface area contributed by atoms with Gasteiger partial charge in [0.05, 0.1) is 7.11 Å². The lowest BCUT2D eigenvalue weighted by molar-refractivity contribution is 0.0908. The van der Waals surface area contributed by atoms with Gasteiger partial charge in [-0.1, -0.05) is 12.2 Å². The number of allylic oxidation sites excluding steroid dienone is 1. The van der Waals surface area contributed by atoms with Gasteiger partial charge >= 0.3 is 0 Å². The molecule has 96 valence electrons. The van der Waals surface area contributed by atoms with Gasteiger partial charge in [0.25, 0.3) is 0 Å². The van der Waals surface area contributed by atoms with E-state index in [0.29, 0.717) is 11.4 Å². The van der Waals surface area contributed by atoms with E-state index >= 15 is 0 Å². The van der Waals surface area contributed by atoms with Crippen molar-refractivity contribution >= 4 is 5.78 Å². The van der Waals surface area contributed by atoms with Crippen molar-refractivity contribution in [1.29, 1.82) is 0 Å². The fraction of sp³-hybridized carbons (Fsp3) is 0.467. The van der Waals surface area contributed by atoms with Crippen LogP contribution in [0, 0.1) is 5.92 Å². The largest absolute Gasteiger partial charge is 0.481 e. The van der Waals surface area contributed by atoms with Crippen LogP contribution in [-0.2, 0) is 0 Å².